The summed E-state index contributed by atoms with van der Waals surface area (Å²) >= 11 is 0. The summed E-state index contributed by atoms with van der Waals surface area (Å²) in [7, 11) is 14.4. The van der Waals surface area contributed by atoms with Crippen LogP contribution in [0.4, 0.5) is 5.69 Å². The molecule has 2 aliphatic heterocycles. The SMILES string of the molecule is CC(=O)[C@@H]1CCCN1C.CC(=O)[C@H]1CCCN1C.CN[C@@H](CC(=O)O)C(C)=O.CN[C@@H](CCC(=O)O)C(C)=O.CN[C@@H](Cc1ccc(O)c([N+](=O)[O-])c1)C(C)=O.CN[C@@H](Cc1cnc[nH]1)C(C)=O.CN[C@@H]1CCCC[C@@H]1C(C)=O.CN[C@H](Cc1cccnc1)C(C)=O. The first-order valence-electron chi connectivity index (χ1n) is 31.0. The van der Waals surface area contributed by atoms with Crippen LogP contribution in [-0.2, 0) is 67.2 Å². The lowest BCUT2D eigenvalue weighted by Gasteiger charge is -2.29. The molecule has 4 heterocycles. The van der Waals surface area contributed by atoms with Gasteiger partial charge in [0.2, 0.25) is 0 Å². The number of H-pyrrole nitrogens is 1. The topological polar surface area (TPSA) is 395 Å². The predicted molar refractivity (Wildman–Crippen MR) is 354 cm³/mol. The van der Waals surface area contributed by atoms with Crippen LogP contribution in [0.1, 0.15) is 143 Å². The van der Waals surface area contributed by atoms with Crippen LogP contribution in [-0.4, -0.2) is 221 Å². The van der Waals surface area contributed by atoms with Crippen LogP contribution in [0, 0.1) is 16.0 Å². The Labute approximate surface area is 543 Å². The number of aromatic amines is 1. The number of nitrogens with one attached hydrogen (secondary N) is 7. The van der Waals surface area contributed by atoms with Crippen molar-refractivity contribution in [1.29, 1.82) is 0 Å². The number of aromatic nitrogens is 3. The molecule has 0 bridgehead atoms. The number of hydrogen-bond acceptors (Lipinski definition) is 23. The Balaban J connectivity index is 0. The zero-order valence-electron chi connectivity index (χ0n) is 57.2. The lowest BCUT2D eigenvalue weighted by atomic mass is 9.82. The van der Waals surface area contributed by atoms with Crippen molar-refractivity contribution in [3.05, 3.63) is 82.2 Å². The van der Waals surface area contributed by atoms with E-state index in [0.29, 0.717) is 54.6 Å². The summed E-state index contributed by atoms with van der Waals surface area (Å²) in [4.78, 5) is 133. The number of Topliss-reactive ketones (excluding diaryl/α,β-unsaturated/α-hetero) is 8. The number of likely N-dealkylation sites (tertiary alicyclic amines) is 2. The molecule has 3 fully saturated rings. The van der Waals surface area contributed by atoms with Gasteiger partial charge in [-0.1, -0.05) is 25.0 Å². The second kappa shape index (κ2) is 49.4. The summed E-state index contributed by atoms with van der Waals surface area (Å²) in [6, 6.07) is 7.43. The highest BCUT2D eigenvalue weighted by atomic mass is 16.6. The molecule has 92 heavy (non-hydrogen) atoms. The maximum atomic E-state index is 11.2. The molecule has 6 rings (SSSR count). The maximum absolute atomic E-state index is 11.2. The van der Waals surface area contributed by atoms with Crippen molar-refractivity contribution in [2.75, 3.05) is 69.5 Å². The third kappa shape index (κ3) is 37.9. The fraction of sp³-hybridized carbons (Fsp3) is 0.631. The lowest BCUT2D eigenvalue weighted by Crippen LogP contribution is -2.39. The van der Waals surface area contributed by atoms with Crippen LogP contribution < -0.4 is 31.9 Å². The number of carboxylic acids is 2. The minimum absolute atomic E-state index is 0.0197. The molecule has 27 heteroatoms. The van der Waals surface area contributed by atoms with Crippen LogP contribution in [0.25, 0.3) is 0 Å². The average molecular weight is 1300 g/mol. The van der Waals surface area contributed by atoms with Gasteiger partial charge in [-0.25, -0.2) is 4.98 Å². The molecule has 518 valence electrons. The molecule has 0 amide bonds. The standard InChI is InChI=1S/C11H14N2O4.C10H14N2O.C9H17NO.C8H13N3O.C7H13NO3.2C7H13NO.C6H11NO3/c1-7(14)9(12-2)5-8-3-4-11(15)10(6-8)13(16)17;1-8(13)10(11-2)6-9-4-3-5-12-7-9;1-7(11)8-5-3-4-6-9(8)10-2;1-6(12)8(9-2)3-7-4-10-5-11-7;1-5(9)6(8-2)3-4-7(10)11;2*1-6(9)7-4-3-5-8(7)2;1-4(8)5(7-2)3-6(9)10/h3-4,6,9,12,15H,5H2,1-2H3;3-5,7,10-11H,6H2,1-2H3;8-10H,3-6H2,1-2H3;4-5,8-9H,3H2,1-2H3,(H,10,11);6,8H,3-4H2,1-2H3,(H,10,11);2*7H,3-5H2,1-2H3;5,7H,3H2,1-2H3,(H,9,10)/t9-;10-;8-,9-;8-;6-;2*7-;5-/m01100100/s1. The monoisotopic (exact) mass is 1300 g/mol. The molecule has 27 nitrogen and oxygen atoms in total. The normalized spacial score (nSPS) is 18.0. The van der Waals surface area contributed by atoms with Gasteiger partial charge in [-0.05, 0) is 206 Å². The number of phenolic OH excluding ortho intramolecular Hbond substituents is 1. The number of ketones is 8. The second-order valence-corrected chi connectivity index (χ2v) is 22.8. The van der Waals surface area contributed by atoms with E-state index in [0.717, 1.165) is 43.6 Å². The second-order valence-electron chi connectivity index (χ2n) is 22.8. The number of carbonyl (C=O) groups excluding carboxylic acids is 8. The highest BCUT2D eigenvalue weighted by molar-refractivity contribution is 5.86. The van der Waals surface area contributed by atoms with Crippen LogP contribution in [0.5, 0.6) is 5.75 Å². The third-order valence-corrected chi connectivity index (χ3v) is 15.7. The van der Waals surface area contributed by atoms with Crippen molar-refractivity contribution in [2.45, 2.75) is 194 Å². The summed E-state index contributed by atoms with van der Waals surface area (Å²) in [6.45, 7) is 14.7. The Bertz CT molecular complexity index is 2670. The molecule has 0 spiro atoms. The molecule has 0 unspecified atom stereocenters. The average Bonchev–Trinajstić information content (AvgIpc) is 1.40. The molecule has 10 N–H and O–H groups in total. The van der Waals surface area contributed by atoms with E-state index in [-0.39, 0.29) is 95.4 Å². The Morgan fingerprint density at radius 1 is 0.587 bits per heavy atom. The number of carbonyl (C=O) groups is 10. The van der Waals surface area contributed by atoms with E-state index in [1.807, 2.05) is 33.3 Å². The van der Waals surface area contributed by atoms with Crippen LogP contribution in [0.2, 0.25) is 0 Å². The molecule has 2 saturated heterocycles. The van der Waals surface area contributed by atoms with Crippen LogP contribution in [0.3, 0.4) is 0 Å². The quantitative estimate of drug-likeness (QED) is 0.0395. The first kappa shape index (κ1) is 86.8. The number of imidazole rings is 1. The Kier molecular flexibility index (Phi) is 46.6. The van der Waals surface area contributed by atoms with Gasteiger partial charge in [0.15, 0.2) is 5.75 Å². The third-order valence-electron chi connectivity index (χ3n) is 15.7. The van der Waals surface area contributed by atoms with E-state index in [4.69, 9.17) is 10.2 Å². The number of benzene rings is 1. The molecular weight excluding hydrogens is 1190 g/mol. The van der Waals surface area contributed by atoms with Crippen molar-refractivity contribution in [3.8, 4) is 5.75 Å². The van der Waals surface area contributed by atoms with E-state index in [2.05, 4.69) is 56.7 Å². The molecule has 1 aliphatic carbocycles. The molecule has 3 aliphatic rings. The van der Waals surface area contributed by atoms with E-state index in [1.54, 1.807) is 101 Å². The van der Waals surface area contributed by atoms with Gasteiger partial charge in [-0.15, -0.1) is 0 Å². The van der Waals surface area contributed by atoms with Gasteiger partial charge in [0.05, 0.1) is 60.0 Å². The number of aliphatic carboxylic acids is 2. The molecule has 0 radical (unpaired) electrons. The number of phenols is 1. The fourth-order valence-corrected chi connectivity index (χ4v) is 10.0. The number of nitrogens with zero attached hydrogens (tertiary/aromatic N) is 5. The largest absolute Gasteiger partial charge is 0.502 e. The molecule has 9 atom stereocenters. The van der Waals surface area contributed by atoms with E-state index < -0.39 is 22.9 Å². The van der Waals surface area contributed by atoms with Crippen molar-refractivity contribution in [1.82, 2.24) is 56.7 Å². The summed E-state index contributed by atoms with van der Waals surface area (Å²) in [5.74, 6) is -0.841. The molecule has 1 aromatic carbocycles. The molecule has 2 aromatic heterocycles. The van der Waals surface area contributed by atoms with E-state index >= 15 is 0 Å². The first-order valence-corrected chi connectivity index (χ1v) is 31.0. The summed E-state index contributed by atoms with van der Waals surface area (Å²) in [5.41, 5.74) is 2.34. The predicted octanol–water partition coefficient (Wildman–Crippen LogP) is 4.31. The molecular formula is C65H108N12O15. The van der Waals surface area contributed by atoms with Gasteiger partial charge >= 0.3 is 17.6 Å². The van der Waals surface area contributed by atoms with Gasteiger partial charge in [0.25, 0.3) is 0 Å². The zero-order valence-corrected chi connectivity index (χ0v) is 57.2. The number of likely N-dealkylation sites (N-methyl/N-ethyl adjacent to an activating group) is 7. The number of nitro benzene ring substituents is 1. The number of pyridine rings is 1. The van der Waals surface area contributed by atoms with Gasteiger partial charge in [0.1, 0.15) is 46.3 Å². The van der Waals surface area contributed by atoms with E-state index in [1.165, 1.54) is 65.0 Å². The highest BCUT2D eigenvalue weighted by Gasteiger charge is 2.28. The molecule has 3 aromatic rings. The first-order chi connectivity index (χ1) is 43.3. The molecule has 1 saturated carbocycles. The Morgan fingerprint density at radius 3 is 1.37 bits per heavy atom. The lowest BCUT2D eigenvalue weighted by molar-refractivity contribution is -0.385. The van der Waals surface area contributed by atoms with Crippen molar-refractivity contribution < 1.29 is 68.2 Å². The number of nitro groups is 1. The zero-order chi connectivity index (χ0) is 70.6. The smallest absolute Gasteiger partial charge is 0.310 e. The minimum Gasteiger partial charge on any atom is -0.502 e. The van der Waals surface area contributed by atoms with Gasteiger partial charge in [0, 0.05) is 55.2 Å². The van der Waals surface area contributed by atoms with Gasteiger partial charge in [-0.3, -0.25) is 72.8 Å². The highest BCUT2D eigenvalue weighted by Crippen LogP contribution is 2.27. The Hall–Kier alpha value is -7.24. The number of carboxylic acid groups (broad SMARTS) is 2. The number of rotatable bonds is 26. The van der Waals surface area contributed by atoms with Crippen molar-refractivity contribution >= 4 is 63.9 Å². The van der Waals surface area contributed by atoms with Crippen LogP contribution in [0.15, 0.2) is 55.2 Å². The maximum Gasteiger partial charge on any atom is 0.310 e. The van der Waals surface area contributed by atoms with Crippen molar-refractivity contribution in [3.63, 3.8) is 0 Å². The van der Waals surface area contributed by atoms with Gasteiger partial charge < -0.3 is 52.2 Å². The summed E-state index contributed by atoms with van der Waals surface area (Å²) in [6.07, 6.45) is 18.1. The fourth-order valence-electron chi connectivity index (χ4n) is 10.0. The summed E-state index contributed by atoms with van der Waals surface area (Å²) in [5, 5.41) is 53.8. The van der Waals surface area contributed by atoms with Crippen molar-refractivity contribution in [2.24, 2.45) is 5.92 Å². The minimum atomic E-state index is -0.963. The Morgan fingerprint density at radius 2 is 1.05 bits per heavy atom. The number of aromatic hydroxyl groups is 1. The number of hydrogen-bond donors (Lipinski definition) is 10. The summed E-state index contributed by atoms with van der Waals surface area (Å²) < 4.78 is 0. The van der Waals surface area contributed by atoms with E-state index in [9.17, 15) is 63.2 Å². The van der Waals surface area contributed by atoms with Gasteiger partial charge in [-0.2, -0.15) is 0 Å². The van der Waals surface area contributed by atoms with Crippen LogP contribution >= 0.6 is 0 Å².